The van der Waals surface area contributed by atoms with E-state index in [1.807, 2.05) is 11.9 Å². The third kappa shape index (κ3) is 4.89. The van der Waals surface area contributed by atoms with E-state index in [1.54, 1.807) is 6.92 Å². The Morgan fingerprint density at radius 2 is 1.97 bits per heavy atom. The van der Waals surface area contributed by atoms with E-state index in [1.165, 1.54) is 40.8 Å². The topological polar surface area (TPSA) is 147 Å². The van der Waals surface area contributed by atoms with Crippen molar-refractivity contribution in [2.45, 2.75) is 26.1 Å². The molecule has 2 aromatic heterocycles. The maximum atomic E-state index is 13.1. The number of hydrogen-bond donors (Lipinski definition) is 2. The Bertz CT molecular complexity index is 1320. The molecule has 1 aliphatic heterocycles. The second-order valence-electron chi connectivity index (χ2n) is 8.25. The molecule has 0 aliphatic carbocycles. The first-order chi connectivity index (χ1) is 16.7. The standard InChI is InChI=1S/C22H24FN7O5/c1-12-26-27-20(35-12)22(34)29(3)15-11-28(2)8-9-30-18(15)25-16(17(31)21(30)33)19(32)24-10-13-4-6-14(23)7-5-13/h4-7,15,31H,8-11H2,1-3H3,(H,24,32). The third-order valence-corrected chi connectivity index (χ3v) is 5.74. The van der Waals surface area contributed by atoms with Crippen molar-refractivity contribution in [2.24, 2.45) is 0 Å². The number of aromatic hydroxyl groups is 1. The van der Waals surface area contributed by atoms with Crippen LogP contribution in [-0.2, 0) is 13.1 Å². The minimum absolute atomic E-state index is 0.0275. The number of likely N-dealkylation sites (N-methyl/N-ethyl adjacent to an activating group) is 2. The van der Waals surface area contributed by atoms with Gasteiger partial charge >= 0.3 is 11.8 Å². The van der Waals surface area contributed by atoms with E-state index in [4.69, 9.17) is 4.42 Å². The van der Waals surface area contributed by atoms with Gasteiger partial charge < -0.3 is 24.6 Å². The SMILES string of the molecule is Cc1nnc(C(=O)N(C)C2CN(C)CCn3c2nc(C(=O)NCc2ccc(F)cc2)c(O)c3=O)o1. The molecule has 3 heterocycles. The highest BCUT2D eigenvalue weighted by atomic mass is 19.1. The zero-order valence-corrected chi connectivity index (χ0v) is 19.4. The fourth-order valence-electron chi connectivity index (χ4n) is 3.77. The van der Waals surface area contributed by atoms with Crippen LogP contribution >= 0.6 is 0 Å². The Hall–Kier alpha value is -4.13. The van der Waals surface area contributed by atoms with Crippen molar-refractivity contribution in [1.82, 2.24) is 34.9 Å². The lowest BCUT2D eigenvalue weighted by Gasteiger charge is -2.28. The molecule has 1 aromatic carbocycles. The summed E-state index contributed by atoms with van der Waals surface area (Å²) >= 11 is 0. The first-order valence-corrected chi connectivity index (χ1v) is 10.8. The smallest absolute Gasteiger partial charge is 0.311 e. The first kappa shape index (κ1) is 24.0. The summed E-state index contributed by atoms with van der Waals surface area (Å²) in [6, 6.07) is 4.75. The minimum atomic E-state index is -0.796. The van der Waals surface area contributed by atoms with Crippen molar-refractivity contribution in [1.29, 1.82) is 0 Å². The van der Waals surface area contributed by atoms with Gasteiger partial charge in [0.1, 0.15) is 17.7 Å². The second-order valence-corrected chi connectivity index (χ2v) is 8.25. The fourth-order valence-corrected chi connectivity index (χ4v) is 3.77. The number of carbonyl (C=O) groups excluding carboxylic acids is 2. The quantitative estimate of drug-likeness (QED) is 0.526. The minimum Gasteiger partial charge on any atom is -0.501 e. The molecule has 0 spiro atoms. The van der Waals surface area contributed by atoms with Crippen LogP contribution in [0.1, 0.15) is 44.5 Å². The van der Waals surface area contributed by atoms with Crippen LogP contribution in [-0.4, -0.2) is 73.7 Å². The van der Waals surface area contributed by atoms with Crippen molar-refractivity contribution >= 4 is 11.8 Å². The van der Waals surface area contributed by atoms with Crippen LogP contribution in [0.4, 0.5) is 4.39 Å². The van der Waals surface area contributed by atoms with Gasteiger partial charge in [-0.25, -0.2) is 9.37 Å². The summed E-state index contributed by atoms with van der Waals surface area (Å²) in [6.45, 7) is 2.52. The summed E-state index contributed by atoms with van der Waals surface area (Å²) in [4.78, 5) is 46.4. The molecule has 4 rings (SSSR count). The lowest BCUT2D eigenvalue weighted by Crippen LogP contribution is -2.40. The van der Waals surface area contributed by atoms with Gasteiger partial charge in [-0.3, -0.25) is 19.0 Å². The Kier molecular flexibility index (Phi) is 6.60. The number of benzene rings is 1. The summed E-state index contributed by atoms with van der Waals surface area (Å²) in [5.41, 5.74) is -0.644. The van der Waals surface area contributed by atoms with Crippen molar-refractivity contribution in [3.63, 3.8) is 0 Å². The number of rotatable bonds is 5. The molecule has 0 fully saturated rings. The molecule has 0 saturated heterocycles. The normalized spacial score (nSPS) is 15.8. The summed E-state index contributed by atoms with van der Waals surface area (Å²) in [5.74, 6) is -2.44. The largest absolute Gasteiger partial charge is 0.501 e. The Labute approximate surface area is 199 Å². The lowest BCUT2D eigenvalue weighted by molar-refractivity contribution is 0.0654. The van der Waals surface area contributed by atoms with Crippen LogP contribution in [0.15, 0.2) is 33.5 Å². The molecule has 12 nitrogen and oxygen atoms in total. The van der Waals surface area contributed by atoms with Crippen LogP contribution in [0, 0.1) is 12.7 Å². The fraction of sp³-hybridized carbons (Fsp3) is 0.364. The average Bonchev–Trinajstić information content (AvgIpc) is 3.20. The number of aryl methyl sites for hydroxylation is 1. The predicted molar refractivity (Wildman–Crippen MR) is 119 cm³/mol. The number of aromatic nitrogens is 4. The van der Waals surface area contributed by atoms with Gasteiger partial charge in [-0.15, -0.1) is 10.2 Å². The molecule has 1 aliphatic rings. The van der Waals surface area contributed by atoms with Crippen molar-refractivity contribution in [2.75, 3.05) is 27.2 Å². The molecule has 1 atom stereocenters. The van der Waals surface area contributed by atoms with Crippen LogP contribution in [0.3, 0.4) is 0 Å². The van der Waals surface area contributed by atoms with E-state index >= 15 is 0 Å². The Morgan fingerprint density at radius 1 is 1.26 bits per heavy atom. The molecule has 0 saturated carbocycles. The summed E-state index contributed by atoms with van der Waals surface area (Å²) in [7, 11) is 3.32. The number of amides is 2. The van der Waals surface area contributed by atoms with Gasteiger partial charge in [-0.2, -0.15) is 0 Å². The van der Waals surface area contributed by atoms with Crippen LogP contribution in [0.25, 0.3) is 0 Å². The molecule has 1 unspecified atom stereocenters. The zero-order valence-electron chi connectivity index (χ0n) is 19.4. The number of hydrogen-bond acceptors (Lipinski definition) is 9. The van der Waals surface area contributed by atoms with Crippen molar-refractivity contribution in [3.05, 3.63) is 69.3 Å². The zero-order chi connectivity index (χ0) is 25.3. The van der Waals surface area contributed by atoms with E-state index < -0.39 is 40.7 Å². The van der Waals surface area contributed by atoms with Gasteiger partial charge in [-0.1, -0.05) is 12.1 Å². The van der Waals surface area contributed by atoms with Gasteiger partial charge in [0.05, 0.1) is 0 Å². The van der Waals surface area contributed by atoms with Crippen LogP contribution in [0.5, 0.6) is 5.75 Å². The first-order valence-electron chi connectivity index (χ1n) is 10.8. The van der Waals surface area contributed by atoms with Crippen LogP contribution < -0.4 is 10.9 Å². The van der Waals surface area contributed by atoms with Crippen molar-refractivity contribution in [3.8, 4) is 5.75 Å². The number of fused-ring (bicyclic) bond motifs is 1. The maximum absolute atomic E-state index is 13.1. The highest BCUT2D eigenvalue weighted by Crippen LogP contribution is 2.24. The highest BCUT2D eigenvalue weighted by Gasteiger charge is 2.34. The highest BCUT2D eigenvalue weighted by molar-refractivity contribution is 5.94. The molecular formula is C22H24FN7O5. The molecular weight excluding hydrogens is 461 g/mol. The van der Waals surface area contributed by atoms with E-state index in [0.717, 1.165) is 0 Å². The van der Waals surface area contributed by atoms with E-state index in [9.17, 15) is 23.9 Å². The number of nitrogens with one attached hydrogen (secondary N) is 1. The molecule has 13 heteroatoms. The van der Waals surface area contributed by atoms with Gasteiger partial charge in [0.2, 0.25) is 11.6 Å². The van der Waals surface area contributed by atoms with E-state index in [0.29, 0.717) is 18.7 Å². The molecule has 3 aromatic rings. The van der Waals surface area contributed by atoms with Gasteiger partial charge in [0.15, 0.2) is 5.69 Å². The number of halogens is 1. The number of carbonyl (C=O) groups is 2. The molecule has 184 valence electrons. The van der Waals surface area contributed by atoms with Gasteiger partial charge in [0, 0.05) is 40.2 Å². The monoisotopic (exact) mass is 485 g/mol. The molecule has 2 N–H and O–H groups in total. The maximum Gasteiger partial charge on any atom is 0.311 e. The summed E-state index contributed by atoms with van der Waals surface area (Å²) in [5, 5.41) is 20.5. The third-order valence-electron chi connectivity index (χ3n) is 5.74. The van der Waals surface area contributed by atoms with E-state index in [-0.39, 0.29) is 30.7 Å². The molecule has 0 bridgehead atoms. The number of nitrogens with zero attached hydrogens (tertiary/aromatic N) is 6. The van der Waals surface area contributed by atoms with Crippen molar-refractivity contribution < 1.29 is 23.5 Å². The van der Waals surface area contributed by atoms with Gasteiger partial charge in [0.25, 0.3) is 11.5 Å². The Balaban J connectivity index is 1.68. The van der Waals surface area contributed by atoms with Gasteiger partial charge in [-0.05, 0) is 24.7 Å². The average molecular weight is 485 g/mol. The van der Waals surface area contributed by atoms with E-state index in [2.05, 4.69) is 20.5 Å². The predicted octanol–water partition coefficient (Wildman–Crippen LogP) is 0.468. The lowest BCUT2D eigenvalue weighted by atomic mass is 10.2. The molecule has 2 amide bonds. The molecule has 0 radical (unpaired) electrons. The summed E-state index contributed by atoms with van der Waals surface area (Å²) in [6.07, 6.45) is 0. The summed E-state index contributed by atoms with van der Waals surface area (Å²) < 4.78 is 19.6. The second kappa shape index (κ2) is 9.62. The molecule has 35 heavy (non-hydrogen) atoms. The van der Waals surface area contributed by atoms with Crippen LogP contribution in [0.2, 0.25) is 0 Å². The Morgan fingerprint density at radius 3 is 2.63 bits per heavy atom.